The molecule has 5 nitrogen and oxygen atoms in total. The van der Waals surface area contributed by atoms with E-state index in [9.17, 15) is 9.18 Å². The topological polar surface area (TPSA) is 63.6 Å². The number of aryl methyl sites for hydroxylation is 2. The van der Waals surface area contributed by atoms with Gasteiger partial charge in [-0.15, -0.1) is 0 Å². The number of hydrogen-bond acceptors (Lipinski definition) is 4. The molecule has 0 unspecified atom stereocenters. The summed E-state index contributed by atoms with van der Waals surface area (Å²) in [7, 11) is 0. The SMILES string of the molecule is O=c1c2snc(-c3ccc(F)cc3)c2ncn1CCc1c[nH]c2ccccc12. The molecule has 2 aromatic carbocycles. The van der Waals surface area contributed by atoms with Gasteiger partial charge in [0.05, 0.1) is 6.33 Å². The molecule has 0 aliphatic heterocycles. The second-order valence-corrected chi connectivity index (χ2v) is 7.34. The second kappa shape index (κ2) is 6.69. The maximum Gasteiger partial charge on any atom is 0.272 e. The van der Waals surface area contributed by atoms with Crippen LogP contribution in [0.5, 0.6) is 0 Å². The largest absolute Gasteiger partial charge is 0.361 e. The van der Waals surface area contributed by atoms with Gasteiger partial charge in [0.1, 0.15) is 21.7 Å². The fraction of sp³-hybridized carbons (Fsp3) is 0.0952. The zero-order chi connectivity index (χ0) is 19.1. The van der Waals surface area contributed by atoms with Gasteiger partial charge in [-0.3, -0.25) is 9.36 Å². The molecule has 5 aromatic rings. The van der Waals surface area contributed by atoms with Gasteiger partial charge in [0.15, 0.2) is 0 Å². The van der Waals surface area contributed by atoms with Crippen molar-refractivity contribution < 1.29 is 4.39 Å². The molecule has 5 rings (SSSR count). The van der Waals surface area contributed by atoms with Gasteiger partial charge in [-0.1, -0.05) is 18.2 Å². The summed E-state index contributed by atoms with van der Waals surface area (Å²) >= 11 is 1.13. The highest BCUT2D eigenvalue weighted by molar-refractivity contribution is 7.13. The molecule has 1 N–H and O–H groups in total. The van der Waals surface area contributed by atoms with Crippen LogP contribution < -0.4 is 5.56 Å². The number of nitrogens with one attached hydrogen (secondary N) is 1. The van der Waals surface area contributed by atoms with Gasteiger partial charge in [0, 0.05) is 29.2 Å². The third-order valence-electron chi connectivity index (χ3n) is 4.86. The molecule has 28 heavy (non-hydrogen) atoms. The zero-order valence-electron chi connectivity index (χ0n) is 14.7. The summed E-state index contributed by atoms with van der Waals surface area (Å²) in [4.78, 5) is 20.6. The predicted molar refractivity (Wildman–Crippen MR) is 109 cm³/mol. The monoisotopic (exact) mass is 390 g/mol. The Bertz CT molecular complexity index is 1350. The number of halogens is 1. The van der Waals surface area contributed by atoms with E-state index in [0.717, 1.165) is 29.0 Å². The van der Waals surface area contributed by atoms with Crippen molar-refractivity contribution in [2.45, 2.75) is 13.0 Å². The van der Waals surface area contributed by atoms with E-state index >= 15 is 0 Å². The van der Waals surface area contributed by atoms with E-state index in [0.29, 0.717) is 22.5 Å². The summed E-state index contributed by atoms with van der Waals surface area (Å²) in [5, 5.41) is 1.17. The van der Waals surface area contributed by atoms with Crippen molar-refractivity contribution in [1.82, 2.24) is 18.9 Å². The van der Waals surface area contributed by atoms with Crippen molar-refractivity contribution in [2.75, 3.05) is 0 Å². The van der Waals surface area contributed by atoms with E-state index in [1.165, 1.54) is 23.1 Å². The number of H-pyrrole nitrogens is 1. The molecule has 0 saturated carbocycles. The number of aromatic nitrogens is 4. The van der Waals surface area contributed by atoms with Crippen LogP contribution in [0.2, 0.25) is 0 Å². The van der Waals surface area contributed by atoms with E-state index in [4.69, 9.17) is 0 Å². The van der Waals surface area contributed by atoms with Gasteiger partial charge < -0.3 is 4.98 Å². The zero-order valence-corrected chi connectivity index (χ0v) is 15.5. The minimum Gasteiger partial charge on any atom is -0.361 e. The number of para-hydroxylation sites is 1. The lowest BCUT2D eigenvalue weighted by Crippen LogP contribution is -2.20. The summed E-state index contributed by atoms with van der Waals surface area (Å²) in [6.45, 7) is 0.535. The van der Waals surface area contributed by atoms with Crippen LogP contribution in [0.4, 0.5) is 4.39 Å². The first-order valence-electron chi connectivity index (χ1n) is 8.86. The van der Waals surface area contributed by atoms with Crippen molar-refractivity contribution in [3.05, 3.63) is 82.8 Å². The molecule has 0 amide bonds. The van der Waals surface area contributed by atoms with Crippen molar-refractivity contribution >= 4 is 32.7 Å². The Morgan fingerprint density at radius 1 is 1.11 bits per heavy atom. The molecular weight excluding hydrogens is 375 g/mol. The number of fused-ring (bicyclic) bond motifs is 2. The van der Waals surface area contributed by atoms with Gasteiger partial charge in [-0.25, -0.2) is 9.37 Å². The van der Waals surface area contributed by atoms with Gasteiger partial charge in [-0.05, 0) is 53.8 Å². The van der Waals surface area contributed by atoms with E-state index in [1.807, 2.05) is 24.4 Å². The molecule has 0 spiro atoms. The lowest BCUT2D eigenvalue weighted by Gasteiger charge is -2.05. The van der Waals surface area contributed by atoms with Crippen LogP contribution in [-0.2, 0) is 13.0 Å². The van der Waals surface area contributed by atoms with E-state index in [1.54, 1.807) is 23.0 Å². The summed E-state index contributed by atoms with van der Waals surface area (Å²) in [6, 6.07) is 14.2. The second-order valence-electron chi connectivity index (χ2n) is 6.57. The van der Waals surface area contributed by atoms with Gasteiger partial charge in [0.2, 0.25) is 0 Å². The Labute approximate surface area is 163 Å². The molecule has 0 atom stereocenters. The molecule has 0 saturated heterocycles. The average molecular weight is 390 g/mol. The summed E-state index contributed by atoms with van der Waals surface area (Å²) < 4.78 is 19.7. The normalized spacial score (nSPS) is 11.5. The van der Waals surface area contributed by atoms with Crippen LogP contribution in [0, 0.1) is 5.82 Å². The molecule has 0 aliphatic rings. The van der Waals surface area contributed by atoms with Crippen LogP contribution in [0.3, 0.4) is 0 Å². The minimum absolute atomic E-state index is 0.101. The van der Waals surface area contributed by atoms with Crippen LogP contribution in [0.1, 0.15) is 5.56 Å². The minimum atomic E-state index is -0.309. The number of rotatable bonds is 4. The highest BCUT2D eigenvalue weighted by atomic mass is 32.1. The Morgan fingerprint density at radius 2 is 1.93 bits per heavy atom. The molecule has 0 bridgehead atoms. The molecular formula is C21H15FN4OS. The Balaban J connectivity index is 1.47. The van der Waals surface area contributed by atoms with Crippen molar-refractivity contribution in [2.24, 2.45) is 0 Å². The lowest BCUT2D eigenvalue weighted by molar-refractivity contribution is 0.628. The maximum atomic E-state index is 13.2. The van der Waals surface area contributed by atoms with Gasteiger partial charge in [-0.2, -0.15) is 4.37 Å². The predicted octanol–water partition coefficient (Wildman–Crippen LogP) is 4.38. The van der Waals surface area contributed by atoms with E-state index in [-0.39, 0.29) is 11.4 Å². The van der Waals surface area contributed by atoms with Crippen LogP contribution in [0.15, 0.2) is 65.8 Å². The summed E-state index contributed by atoms with van der Waals surface area (Å²) in [5.41, 5.74) is 4.07. The van der Waals surface area contributed by atoms with Gasteiger partial charge >= 0.3 is 0 Å². The van der Waals surface area contributed by atoms with Crippen molar-refractivity contribution in [3.8, 4) is 11.3 Å². The summed E-state index contributed by atoms with van der Waals surface area (Å²) in [6.07, 6.45) is 4.28. The third-order valence-corrected chi connectivity index (χ3v) is 5.69. The fourth-order valence-electron chi connectivity index (χ4n) is 3.39. The Morgan fingerprint density at radius 3 is 2.79 bits per heavy atom. The molecule has 0 aliphatic carbocycles. The highest BCUT2D eigenvalue weighted by Crippen LogP contribution is 2.27. The summed E-state index contributed by atoms with van der Waals surface area (Å²) in [5.74, 6) is -0.309. The van der Waals surface area contributed by atoms with Crippen LogP contribution in [-0.4, -0.2) is 18.9 Å². The average Bonchev–Trinajstić information content (AvgIpc) is 3.33. The van der Waals surface area contributed by atoms with Crippen LogP contribution in [0.25, 0.3) is 32.4 Å². The fourth-order valence-corrected chi connectivity index (χ4v) is 4.20. The van der Waals surface area contributed by atoms with E-state index in [2.05, 4.69) is 20.4 Å². The number of benzene rings is 2. The molecule has 7 heteroatoms. The number of aromatic amines is 1. The molecule has 3 heterocycles. The first-order valence-corrected chi connectivity index (χ1v) is 9.64. The number of hydrogen-bond donors (Lipinski definition) is 1. The molecule has 3 aromatic heterocycles. The quantitative estimate of drug-likeness (QED) is 0.495. The van der Waals surface area contributed by atoms with Gasteiger partial charge in [0.25, 0.3) is 5.56 Å². The molecule has 138 valence electrons. The first kappa shape index (κ1) is 16.8. The molecule has 0 radical (unpaired) electrons. The smallest absolute Gasteiger partial charge is 0.272 e. The lowest BCUT2D eigenvalue weighted by atomic mass is 10.1. The van der Waals surface area contributed by atoms with Crippen molar-refractivity contribution in [3.63, 3.8) is 0 Å². The first-order chi connectivity index (χ1) is 13.7. The third kappa shape index (κ3) is 2.80. The number of nitrogens with zero attached hydrogens (tertiary/aromatic N) is 3. The Hall–Kier alpha value is -3.32. The standard InChI is InChI=1S/C21H15FN4OS/c22-15-7-5-13(6-8-15)18-19-20(28-25-18)21(27)26(12-24-19)10-9-14-11-23-17-4-2-1-3-16(14)17/h1-8,11-12,23H,9-10H2. The van der Waals surface area contributed by atoms with E-state index < -0.39 is 0 Å². The maximum absolute atomic E-state index is 13.2. The van der Waals surface area contributed by atoms with Crippen LogP contribution >= 0.6 is 11.5 Å². The van der Waals surface area contributed by atoms with Crippen molar-refractivity contribution in [1.29, 1.82) is 0 Å². The highest BCUT2D eigenvalue weighted by Gasteiger charge is 2.14. The molecule has 0 fully saturated rings. The Kier molecular flexibility index (Phi) is 4.02.